The first-order valence-corrected chi connectivity index (χ1v) is 13.2. The SMILES string of the molecule is CC(c1ccnc(Nc2nc3c(F)cc(-c4cnn(CC5CC5)c4)cc3[nH]2)c1)N1CCN(CC(F)(F)F)CC1. The van der Waals surface area contributed by atoms with E-state index in [2.05, 4.69) is 30.3 Å². The highest BCUT2D eigenvalue weighted by molar-refractivity contribution is 5.84. The first-order chi connectivity index (χ1) is 18.7. The smallest absolute Gasteiger partial charge is 0.324 e. The summed E-state index contributed by atoms with van der Waals surface area (Å²) in [6.07, 6.45) is 3.66. The summed E-state index contributed by atoms with van der Waals surface area (Å²) < 4.78 is 55.0. The van der Waals surface area contributed by atoms with Crippen molar-refractivity contribution in [1.82, 2.24) is 34.5 Å². The molecule has 0 radical (unpaired) electrons. The number of rotatable bonds is 8. The van der Waals surface area contributed by atoms with Crippen LogP contribution in [0, 0.1) is 11.7 Å². The third-order valence-electron chi connectivity index (χ3n) is 7.52. The van der Waals surface area contributed by atoms with Crippen LogP contribution in [0.1, 0.15) is 31.4 Å². The molecular weight excluding hydrogens is 512 g/mol. The van der Waals surface area contributed by atoms with Crippen molar-refractivity contribution < 1.29 is 17.6 Å². The first kappa shape index (κ1) is 25.8. The fraction of sp³-hybridized carbons (Fsp3) is 0.444. The summed E-state index contributed by atoms with van der Waals surface area (Å²) in [5.74, 6) is 1.17. The summed E-state index contributed by atoms with van der Waals surface area (Å²) in [6.45, 7) is 3.88. The number of aromatic nitrogens is 5. The van der Waals surface area contributed by atoms with Gasteiger partial charge in [-0.2, -0.15) is 18.3 Å². The van der Waals surface area contributed by atoms with E-state index in [4.69, 9.17) is 0 Å². The van der Waals surface area contributed by atoms with Crippen LogP contribution in [0.15, 0.2) is 42.9 Å². The summed E-state index contributed by atoms with van der Waals surface area (Å²) in [5, 5.41) is 7.54. The number of pyridine rings is 1. The van der Waals surface area contributed by atoms with Gasteiger partial charge in [-0.1, -0.05) is 0 Å². The van der Waals surface area contributed by atoms with E-state index in [0.29, 0.717) is 49.4 Å². The zero-order chi connectivity index (χ0) is 27.1. The van der Waals surface area contributed by atoms with Gasteiger partial charge in [0.05, 0.1) is 18.3 Å². The summed E-state index contributed by atoms with van der Waals surface area (Å²) in [7, 11) is 0. The number of hydrogen-bond donors (Lipinski definition) is 2. The van der Waals surface area contributed by atoms with Crippen molar-refractivity contribution in [3.8, 4) is 11.1 Å². The van der Waals surface area contributed by atoms with Crippen LogP contribution >= 0.6 is 0 Å². The van der Waals surface area contributed by atoms with Crippen molar-refractivity contribution in [2.24, 2.45) is 5.92 Å². The van der Waals surface area contributed by atoms with E-state index in [9.17, 15) is 17.6 Å². The number of alkyl halides is 3. The van der Waals surface area contributed by atoms with Gasteiger partial charge in [-0.3, -0.25) is 14.5 Å². The molecular formula is C27H30F4N8. The second kappa shape index (κ2) is 10.2. The van der Waals surface area contributed by atoms with Gasteiger partial charge in [-0.05, 0) is 61.1 Å². The average molecular weight is 543 g/mol. The molecule has 3 aromatic heterocycles. The van der Waals surface area contributed by atoms with Crippen LogP contribution in [0.5, 0.6) is 0 Å². The van der Waals surface area contributed by atoms with Crippen molar-refractivity contribution in [3.63, 3.8) is 0 Å². The fourth-order valence-electron chi connectivity index (χ4n) is 5.15. The van der Waals surface area contributed by atoms with Gasteiger partial charge in [0.25, 0.3) is 0 Å². The predicted octanol–water partition coefficient (Wildman–Crippen LogP) is 5.36. The molecule has 4 heterocycles. The highest BCUT2D eigenvalue weighted by Crippen LogP contribution is 2.32. The lowest BCUT2D eigenvalue weighted by Crippen LogP contribution is -2.49. The molecule has 6 rings (SSSR count). The number of hydrogen-bond acceptors (Lipinski definition) is 6. The Labute approximate surface area is 223 Å². The van der Waals surface area contributed by atoms with Crippen LogP contribution in [0.2, 0.25) is 0 Å². The minimum Gasteiger partial charge on any atom is -0.324 e. The Hall–Kier alpha value is -3.51. The second-order valence-electron chi connectivity index (χ2n) is 10.5. The van der Waals surface area contributed by atoms with Crippen molar-refractivity contribution in [3.05, 3.63) is 54.2 Å². The van der Waals surface area contributed by atoms with E-state index in [-0.39, 0.29) is 11.6 Å². The third-order valence-corrected chi connectivity index (χ3v) is 7.52. The summed E-state index contributed by atoms with van der Waals surface area (Å²) in [6, 6.07) is 7.11. The van der Waals surface area contributed by atoms with Crippen molar-refractivity contribution in [1.29, 1.82) is 0 Å². The Morgan fingerprint density at radius 1 is 1.10 bits per heavy atom. The zero-order valence-electron chi connectivity index (χ0n) is 21.5. The molecule has 2 aliphatic rings. The van der Waals surface area contributed by atoms with Crippen molar-refractivity contribution in [2.75, 3.05) is 38.0 Å². The molecule has 2 fully saturated rings. The van der Waals surface area contributed by atoms with Crippen molar-refractivity contribution in [2.45, 2.75) is 38.5 Å². The van der Waals surface area contributed by atoms with Gasteiger partial charge in [0.15, 0.2) is 5.82 Å². The van der Waals surface area contributed by atoms with Gasteiger partial charge >= 0.3 is 6.18 Å². The van der Waals surface area contributed by atoms with Crippen LogP contribution in [-0.2, 0) is 6.54 Å². The molecule has 1 aliphatic heterocycles. The van der Waals surface area contributed by atoms with Gasteiger partial charge in [0, 0.05) is 56.7 Å². The minimum atomic E-state index is -4.18. The third kappa shape index (κ3) is 6.06. The molecule has 12 heteroatoms. The van der Waals surface area contributed by atoms with Crippen LogP contribution in [-0.4, -0.2) is 73.4 Å². The normalized spacial score (nSPS) is 18.1. The summed E-state index contributed by atoms with van der Waals surface area (Å²) >= 11 is 0. The molecule has 0 amide bonds. The molecule has 0 bridgehead atoms. The van der Waals surface area contributed by atoms with Gasteiger partial charge in [-0.15, -0.1) is 0 Å². The molecule has 1 aromatic carbocycles. The van der Waals surface area contributed by atoms with Crippen molar-refractivity contribution >= 4 is 22.8 Å². The number of nitrogens with zero attached hydrogens (tertiary/aromatic N) is 6. The Morgan fingerprint density at radius 2 is 1.90 bits per heavy atom. The van der Waals surface area contributed by atoms with Crippen LogP contribution in [0.25, 0.3) is 22.2 Å². The van der Waals surface area contributed by atoms with Gasteiger partial charge in [0.2, 0.25) is 5.95 Å². The van der Waals surface area contributed by atoms with Crippen LogP contribution in [0.4, 0.5) is 29.3 Å². The highest BCUT2D eigenvalue weighted by Gasteiger charge is 2.33. The number of piperazine rings is 1. The number of anilines is 2. The molecule has 206 valence electrons. The monoisotopic (exact) mass is 542 g/mol. The lowest BCUT2D eigenvalue weighted by Gasteiger charge is -2.38. The Morgan fingerprint density at radius 3 is 2.64 bits per heavy atom. The molecule has 2 N–H and O–H groups in total. The quantitative estimate of drug-likeness (QED) is 0.292. The van der Waals surface area contributed by atoms with E-state index in [0.717, 1.165) is 23.2 Å². The first-order valence-electron chi connectivity index (χ1n) is 13.2. The number of benzene rings is 1. The molecule has 8 nitrogen and oxygen atoms in total. The highest BCUT2D eigenvalue weighted by atomic mass is 19.4. The maximum atomic E-state index is 15.0. The molecule has 1 unspecified atom stereocenters. The van der Waals surface area contributed by atoms with Gasteiger partial charge in [-0.25, -0.2) is 14.4 Å². The fourth-order valence-corrected chi connectivity index (χ4v) is 5.15. The minimum absolute atomic E-state index is 0.00177. The molecule has 1 atom stereocenters. The topological polar surface area (TPSA) is 77.9 Å². The predicted molar refractivity (Wildman–Crippen MR) is 140 cm³/mol. The largest absolute Gasteiger partial charge is 0.401 e. The van der Waals surface area contributed by atoms with Crippen LogP contribution < -0.4 is 5.32 Å². The molecule has 1 saturated carbocycles. The number of fused-ring (bicyclic) bond motifs is 1. The Balaban J connectivity index is 1.14. The molecule has 0 spiro atoms. The molecule has 4 aromatic rings. The molecule has 1 aliphatic carbocycles. The van der Waals surface area contributed by atoms with E-state index in [1.807, 2.05) is 36.0 Å². The number of H-pyrrole nitrogens is 1. The number of aromatic amines is 1. The maximum absolute atomic E-state index is 15.0. The Kier molecular flexibility index (Phi) is 6.76. The van der Waals surface area contributed by atoms with E-state index < -0.39 is 18.5 Å². The van der Waals surface area contributed by atoms with E-state index in [1.165, 1.54) is 23.8 Å². The summed E-state index contributed by atoms with van der Waals surface area (Å²) in [4.78, 5) is 15.5. The standard InChI is InChI=1S/C27H30F4N8/c1-17(38-8-6-37(7-9-38)16-27(29,30)31)19-4-5-32-24(12-19)35-26-34-23-11-20(10-22(28)25(23)36-26)21-13-33-39(15-21)14-18-2-3-18/h4-5,10-13,15,17-18H,2-3,6-9,14,16H2,1H3,(H2,32,34,35,36). The average Bonchev–Trinajstić information content (AvgIpc) is 3.41. The number of nitrogens with one attached hydrogen (secondary N) is 2. The maximum Gasteiger partial charge on any atom is 0.401 e. The van der Waals surface area contributed by atoms with E-state index in [1.54, 1.807) is 12.4 Å². The van der Waals surface area contributed by atoms with Crippen LogP contribution in [0.3, 0.4) is 0 Å². The number of imidazole rings is 1. The van der Waals surface area contributed by atoms with E-state index >= 15 is 0 Å². The van der Waals surface area contributed by atoms with Gasteiger partial charge in [0.1, 0.15) is 11.3 Å². The van der Waals surface area contributed by atoms with Gasteiger partial charge < -0.3 is 10.3 Å². The lowest BCUT2D eigenvalue weighted by atomic mass is 10.1. The number of halogens is 4. The summed E-state index contributed by atoms with van der Waals surface area (Å²) in [5.41, 5.74) is 3.34. The lowest BCUT2D eigenvalue weighted by molar-refractivity contribution is -0.149. The molecule has 1 saturated heterocycles. The molecule has 39 heavy (non-hydrogen) atoms. The second-order valence-corrected chi connectivity index (χ2v) is 10.5. The Bertz CT molecular complexity index is 1450. The zero-order valence-corrected chi connectivity index (χ0v) is 21.5.